The number of hydrogen-bond acceptors (Lipinski definition) is 2. The molecule has 45 heavy (non-hydrogen) atoms. The van der Waals surface area contributed by atoms with Crippen molar-refractivity contribution < 1.29 is 4.42 Å². The zero-order chi connectivity index (χ0) is 29.5. The molecule has 0 aliphatic heterocycles. The van der Waals surface area contributed by atoms with Crippen molar-refractivity contribution in [2.45, 2.75) is 0 Å². The largest absolute Gasteiger partial charge is 0.454 e. The van der Waals surface area contributed by atoms with Crippen LogP contribution in [0.15, 0.2) is 156 Å². The molecule has 7 aromatic carbocycles. The maximum Gasteiger partial charge on any atom is 0.159 e. The second-order valence-electron chi connectivity index (χ2n) is 11.7. The molecule has 10 rings (SSSR count). The fourth-order valence-corrected chi connectivity index (χ4v) is 8.40. The van der Waals surface area contributed by atoms with Gasteiger partial charge in [0.15, 0.2) is 5.58 Å². The van der Waals surface area contributed by atoms with Gasteiger partial charge >= 0.3 is 0 Å². The van der Waals surface area contributed by atoms with E-state index in [1.54, 1.807) is 0 Å². The van der Waals surface area contributed by atoms with E-state index in [-0.39, 0.29) is 0 Å². The number of para-hydroxylation sites is 2. The lowest BCUT2D eigenvalue weighted by Crippen LogP contribution is -1.94. The molecule has 0 unspecified atom stereocenters. The summed E-state index contributed by atoms with van der Waals surface area (Å²) >= 11 is 1.86. The molecular formula is C42H25NOS. The first-order valence-electron chi connectivity index (χ1n) is 15.3. The van der Waals surface area contributed by atoms with Crippen molar-refractivity contribution in [3.63, 3.8) is 0 Å². The predicted molar refractivity (Wildman–Crippen MR) is 192 cm³/mol. The smallest absolute Gasteiger partial charge is 0.159 e. The van der Waals surface area contributed by atoms with E-state index < -0.39 is 0 Å². The molecule has 0 amide bonds. The highest BCUT2D eigenvalue weighted by molar-refractivity contribution is 7.25. The van der Waals surface area contributed by atoms with Gasteiger partial charge in [0.05, 0.1) is 16.7 Å². The zero-order valence-corrected chi connectivity index (χ0v) is 25.0. The standard InChI is InChI=1S/C42H25NOS/c1-2-11-26(12-3-1)27-23-24-29-28-13-4-6-18-34(28)43(36(29)25-27)35-19-8-17-33-40-30(15-9-20-37(40)44-42(33)35)31-16-10-22-39-41(31)32-14-5-7-21-38(32)45-39/h1-25H. The van der Waals surface area contributed by atoms with Gasteiger partial charge in [0.1, 0.15) is 5.58 Å². The maximum absolute atomic E-state index is 6.85. The lowest BCUT2D eigenvalue weighted by atomic mass is 9.95. The highest BCUT2D eigenvalue weighted by Crippen LogP contribution is 2.45. The van der Waals surface area contributed by atoms with E-state index in [2.05, 4.69) is 156 Å². The molecular weight excluding hydrogens is 567 g/mol. The summed E-state index contributed by atoms with van der Waals surface area (Å²) < 4.78 is 11.8. The van der Waals surface area contributed by atoms with Gasteiger partial charge in [-0.2, -0.15) is 0 Å². The Hall–Kier alpha value is -5.64. The lowest BCUT2D eigenvalue weighted by Gasteiger charge is -2.10. The molecule has 0 aliphatic carbocycles. The van der Waals surface area contributed by atoms with E-state index in [4.69, 9.17) is 4.42 Å². The van der Waals surface area contributed by atoms with Crippen molar-refractivity contribution in [2.24, 2.45) is 0 Å². The van der Waals surface area contributed by atoms with Crippen molar-refractivity contribution in [1.29, 1.82) is 0 Å². The van der Waals surface area contributed by atoms with Gasteiger partial charge in [-0.3, -0.25) is 0 Å². The average Bonchev–Trinajstić information content (AvgIpc) is 3.78. The number of benzene rings is 7. The number of thiophene rings is 1. The van der Waals surface area contributed by atoms with Crippen LogP contribution < -0.4 is 0 Å². The molecule has 0 N–H and O–H groups in total. The Labute approximate surface area is 263 Å². The molecule has 210 valence electrons. The van der Waals surface area contributed by atoms with Crippen LogP contribution in [0.4, 0.5) is 0 Å². The fourth-order valence-electron chi connectivity index (χ4n) is 7.27. The van der Waals surface area contributed by atoms with Crippen LogP contribution in [0.5, 0.6) is 0 Å². The summed E-state index contributed by atoms with van der Waals surface area (Å²) in [4.78, 5) is 0. The molecule has 3 heterocycles. The third kappa shape index (κ3) is 3.56. The fraction of sp³-hybridized carbons (Fsp3) is 0. The Bertz CT molecular complexity index is 2760. The number of aromatic nitrogens is 1. The zero-order valence-electron chi connectivity index (χ0n) is 24.2. The van der Waals surface area contributed by atoms with E-state index in [0.29, 0.717) is 0 Å². The molecule has 0 radical (unpaired) electrons. The van der Waals surface area contributed by atoms with Crippen LogP contribution in [0.25, 0.3) is 91.9 Å². The van der Waals surface area contributed by atoms with Crippen LogP contribution in [-0.4, -0.2) is 4.57 Å². The van der Waals surface area contributed by atoms with Gasteiger partial charge in [-0.05, 0) is 58.7 Å². The molecule has 0 bridgehead atoms. The van der Waals surface area contributed by atoms with Gasteiger partial charge in [-0.25, -0.2) is 0 Å². The molecule has 10 aromatic rings. The summed E-state index contributed by atoms with van der Waals surface area (Å²) in [5, 5.41) is 7.36. The summed E-state index contributed by atoms with van der Waals surface area (Å²) in [5.74, 6) is 0. The molecule has 0 fully saturated rings. The van der Waals surface area contributed by atoms with Crippen LogP contribution in [0, 0.1) is 0 Å². The van der Waals surface area contributed by atoms with Crippen molar-refractivity contribution in [3.8, 4) is 27.9 Å². The molecule has 0 saturated heterocycles. The monoisotopic (exact) mass is 591 g/mol. The summed E-state index contributed by atoms with van der Waals surface area (Å²) in [6.45, 7) is 0. The van der Waals surface area contributed by atoms with Crippen LogP contribution >= 0.6 is 11.3 Å². The summed E-state index contributed by atoms with van der Waals surface area (Å²) in [6, 6.07) is 54.6. The molecule has 0 spiro atoms. The third-order valence-electron chi connectivity index (χ3n) is 9.22. The van der Waals surface area contributed by atoms with E-state index >= 15 is 0 Å². The first-order chi connectivity index (χ1) is 22.3. The molecule has 3 heteroatoms. The van der Waals surface area contributed by atoms with Gasteiger partial charge in [-0.1, -0.05) is 115 Å². The van der Waals surface area contributed by atoms with Crippen molar-refractivity contribution in [1.82, 2.24) is 4.57 Å². The Balaban J connectivity index is 1.28. The summed E-state index contributed by atoms with van der Waals surface area (Å²) in [5.41, 5.74) is 10.0. The number of nitrogens with zero attached hydrogens (tertiary/aromatic N) is 1. The van der Waals surface area contributed by atoms with Gasteiger partial charge in [0.25, 0.3) is 0 Å². The van der Waals surface area contributed by atoms with Gasteiger partial charge in [-0.15, -0.1) is 11.3 Å². The summed E-state index contributed by atoms with van der Waals surface area (Å²) in [7, 11) is 0. The average molecular weight is 592 g/mol. The predicted octanol–water partition coefficient (Wildman–Crippen LogP) is 12.4. The Morgan fingerprint density at radius 3 is 2.04 bits per heavy atom. The second-order valence-corrected chi connectivity index (χ2v) is 12.7. The first-order valence-corrected chi connectivity index (χ1v) is 16.1. The molecule has 0 aliphatic rings. The topological polar surface area (TPSA) is 18.1 Å². The van der Waals surface area contributed by atoms with Crippen LogP contribution in [-0.2, 0) is 0 Å². The minimum atomic E-state index is 0.898. The molecule has 2 nitrogen and oxygen atoms in total. The SMILES string of the molecule is c1ccc(-c2ccc3c4ccccc4n(-c4cccc5c4oc4cccc(-c6cccc7sc8ccccc8c67)c45)c3c2)cc1. The number of rotatable bonds is 3. The minimum Gasteiger partial charge on any atom is -0.454 e. The highest BCUT2D eigenvalue weighted by Gasteiger charge is 2.21. The molecule has 0 atom stereocenters. The number of hydrogen-bond donors (Lipinski definition) is 0. The highest BCUT2D eigenvalue weighted by atomic mass is 32.1. The first kappa shape index (κ1) is 24.8. The maximum atomic E-state index is 6.85. The lowest BCUT2D eigenvalue weighted by molar-refractivity contribution is 0.666. The van der Waals surface area contributed by atoms with Crippen LogP contribution in [0.3, 0.4) is 0 Å². The Morgan fingerprint density at radius 1 is 0.444 bits per heavy atom. The van der Waals surface area contributed by atoms with Crippen molar-refractivity contribution in [2.75, 3.05) is 0 Å². The van der Waals surface area contributed by atoms with E-state index in [0.717, 1.165) is 27.6 Å². The minimum absolute atomic E-state index is 0.898. The van der Waals surface area contributed by atoms with E-state index in [1.807, 2.05) is 11.3 Å². The van der Waals surface area contributed by atoms with E-state index in [9.17, 15) is 0 Å². The molecule has 3 aromatic heterocycles. The Morgan fingerprint density at radius 2 is 1.13 bits per heavy atom. The third-order valence-corrected chi connectivity index (χ3v) is 10.4. The normalized spacial score (nSPS) is 12.0. The number of furan rings is 1. The van der Waals surface area contributed by atoms with Gasteiger partial charge in [0, 0.05) is 41.7 Å². The van der Waals surface area contributed by atoms with Crippen LogP contribution in [0.2, 0.25) is 0 Å². The van der Waals surface area contributed by atoms with E-state index in [1.165, 1.54) is 64.2 Å². The number of fused-ring (bicyclic) bond motifs is 9. The van der Waals surface area contributed by atoms with Crippen molar-refractivity contribution in [3.05, 3.63) is 152 Å². The van der Waals surface area contributed by atoms with Gasteiger partial charge in [0.2, 0.25) is 0 Å². The quantitative estimate of drug-likeness (QED) is 0.200. The van der Waals surface area contributed by atoms with Crippen molar-refractivity contribution >= 4 is 75.3 Å². The van der Waals surface area contributed by atoms with Crippen LogP contribution in [0.1, 0.15) is 0 Å². The summed E-state index contributed by atoms with van der Waals surface area (Å²) in [6.07, 6.45) is 0. The molecule has 0 saturated carbocycles. The Kier molecular flexibility index (Phi) is 5.19. The van der Waals surface area contributed by atoms with Gasteiger partial charge < -0.3 is 8.98 Å². The second kappa shape index (κ2) is 9.43.